The van der Waals surface area contributed by atoms with Gasteiger partial charge in [0.2, 0.25) is 0 Å². The molecule has 0 bridgehead atoms. The van der Waals surface area contributed by atoms with Crippen LogP contribution < -0.4 is 0 Å². The molecule has 0 spiro atoms. The lowest BCUT2D eigenvalue weighted by molar-refractivity contribution is 0.0622. The van der Waals surface area contributed by atoms with Gasteiger partial charge in [0.1, 0.15) is 5.82 Å². The quantitative estimate of drug-likeness (QED) is 0.683. The highest BCUT2D eigenvalue weighted by atomic mass is 19.1. The summed E-state index contributed by atoms with van der Waals surface area (Å²) in [6.45, 7) is 4.27. The van der Waals surface area contributed by atoms with Gasteiger partial charge in [-0.2, -0.15) is 0 Å². The van der Waals surface area contributed by atoms with Crippen molar-refractivity contribution in [3.8, 4) is 0 Å². The number of benzene rings is 2. The van der Waals surface area contributed by atoms with Crippen LogP contribution in [-0.2, 0) is 13.1 Å². The molecule has 4 rings (SSSR count). The molecule has 2 heterocycles. The van der Waals surface area contributed by atoms with Gasteiger partial charge in [0.15, 0.2) is 5.69 Å². The molecule has 0 saturated carbocycles. The lowest BCUT2D eigenvalue weighted by Gasteiger charge is -2.34. The van der Waals surface area contributed by atoms with Crippen molar-refractivity contribution in [2.75, 3.05) is 26.2 Å². The van der Waals surface area contributed by atoms with Crippen molar-refractivity contribution in [1.82, 2.24) is 24.8 Å². The second kappa shape index (κ2) is 8.31. The Morgan fingerprint density at radius 2 is 1.68 bits per heavy atom. The average molecular weight is 379 g/mol. The zero-order chi connectivity index (χ0) is 19.3. The Kier molecular flexibility index (Phi) is 5.43. The third-order valence-corrected chi connectivity index (χ3v) is 4.90. The third-order valence-electron chi connectivity index (χ3n) is 4.90. The van der Waals surface area contributed by atoms with E-state index in [2.05, 4.69) is 27.3 Å². The monoisotopic (exact) mass is 379 g/mol. The number of carbonyl (C=O) groups is 1. The molecule has 144 valence electrons. The smallest absolute Gasteiger partial charge is 0.276 e. The molecule has 1 saturated heterocycles. The molecule has 0 aliphatic carbocycles. The molecule has 0 atom stereocenters. The van der Waals surface area contributed by atoms with E-state index in [0.29, 0.717) is 25.3 Å². The van der Waals surface area contributed by atoms with Crippen LogP contribution in [0.1, 0.15) is 21.6 Å². The minimum absolute atomic E-state index is 0.107. The third kappa shape index (κ3) is 4.43. The summed E-state index contributed by atoms with van der Waals surface area (Å²) in [4.78, 5) is 16.9. The summed E-state index contributed by atoms with van der Waals surface area (Å²) in [7, 11) is 0. The van der Waals surface area contributed by atoms with Gasteiger partial charge >= 0.3 is 0 Å². The fourth-order valence-electron chi connectivity index (χ4n) is 3.41. The molecule has 0 radical (unpaired) electrons. The number of rotatable bonds is 5. The van der Waals surface area contributed by atoms with Crippen LogP contribution >= 0.6 is 0 Å². The largest absolute Gasteiger partial charge is 0.335 e. The van der Waals surface area contributed by atoms with Crippen molar-refractivity contribution in [2.24, 2.45) is 0 Å². The molecular formula is C21H22FN5O. The maximum atomic E-state index is 13.3. The molecule has 28 heavy (non-hydrogen) atoms. The molecule has 6 nitrogen and oxygen atoms in total. The van der Waals surface area contributed by atoms with E-state index in [9.17, 15) is 9.18 Å². The Bertz CT molecular complexity index is 935. The second-order valence-corrected chi connectivity index (χ2v) is 6.99. The molecule has 1 aromatic heterocycles. The number of piperazine rings is 1. The Morgan fingerprint density at radius 3 is 2.43 bits per heavy atom. The van der Waals surface area contributed by atoms with Crippen molar-refractivity contribution in [3.63, 3.8) is 0 Å². The highest BCUT2D eigenvalue weighted by Crippen LogP contribution is 2.11. The van der Waals surface area contributed by atoms with Gasteiger partial charge in [-0.25, -0.2) is 9.07 Å². The average Bonchev–Trinajstić information content (AvgIpc) is 3.17. The SMILES string of the molecule is O=C(c1cn(Cc2cccc(F)c2)nn1)N1CCN(Cc2ccccc2)CC1. The zero-order valence-corrected chi connectivity index (χ0v) is 15.5. The first-order valence-electron chi connectivity index (χ1n) is 9.37. The van der Waals surface area contributed by atoms with Gasteiger partial charge in [0.25, 0.3) is 5.91 Å². The van der Waals surface area contributed by atoms with Crippen LogP contribution in [0.3, 0.4) is 0 Å². The molecular weight excluding hydrogens is 357 g/mol. The normalized spacial score (nSPS) is 15.0. The van der Waals surface area contributed by atoms with Crippen molar-refractivity contribution in [2.45, 2.75) is 13.1 Å². The van der Waals surface area contributed by atoms with E-state index in [1.807, 2.05) is 29.2 Å². The number of carbonyl (C=O) groups excluding carboxylic acids is 1. The summed E-state index contributed by atoms with van der Waals surface area (Å²) in [5.74, 6) is -0.396. The van der Waals surface area contributed by atoms with Gasteiger partial charge < -0.3 is 4.90 Å². The molecule has 1 amide bonds. The number of halogens is 1. The predicted molar refractivity (Wildman–Crippen MR) is 103 cm³/mol. The van der Waals surface area contributed by atoms with Crippen LogP contribution in [0.5, 0.6) is 0 Å². The van der Waals surface area contributed by atoms with Gasteiger partial charge in [0, 0.05) is 32.7 Å². The molecule has 1 aliphatic rings. The topological polar surface area (TPSA) is 54.3 Å². The maximum Gasteiger partial charge on any atom is 0.276 e. The highest BCUT2D eigenvalue weighted by Gasteiger charge is 2.24. The minimum Gasteiger partial charge on any atom is -0.335 e. The van der Waals surface area contributed by atoms with Crippen LogP contribution in [0.15, 0.2) is 60.8 Å². The molecule has 3 aromatic rings. The summed E-state index contributed by atoms with van der Waals surface area (Å²) < 4.78 is 14.9. The maximum absolute atomic E-state index is 13.3. The summed E-state index contributed by atoms with van der Waals surface area (Å²) >= 11 is 0. The first-order chi connectivity index (χ1) is 13.7. The summed E-state index contributed by atoms with van der Waals surface area (Å²) in [5.41, 5.74) is 2.38. The minimum atomic E-state index is -0.290. The first-order valence-corrected chi connectivity index (χ1v) is 9.37. The predicted octanol–water partition coefficient (Wildman–Crippen LogP) is 2.42. The standard InChI is InChI=1S/C21H22FN5O/c22-19-8-4-7-18(13-19)15-27-16-20(23-24-27)21(28)26-11-9-25(10-12-26)14-17-5-2-1-3-6-17/h1-8,13,16H,9-12,14-15H2. The molecule has 2 aromatic carbocycles. The van der Waals surface area contributed by atoms with E-state index >= 15 is 0 Å². The van der Waals surface area contributed by atoms with Crippen molar-refractivity contribution in [1.29, 1.82) is 0 Å². The van der Waals surface area contributed by atoms with Crippen molar-refractivity contribution < 1.29 is 9.18 Å². The van der Waals surface area contributed by atoms with Crippen LogP contribution in [0, 0.1) is 5.82 Å². The van der Waals surface area contributed by atoms with Crippen molar-refractivity contribution >= 4 is 5.91 Å². The summed E-state index contributed by atoms with van der Waals surface area (Å²) in [5, 5.41) is 8.03. The van der Waals surface area contributed by atoms with E-state index < -0.39 is 0 Å². The highest BCUT2D eigenvalue weighted by molar-refractivity contribution is 5.92. The van der Waals surface area contributed by atoms with E-state index in [0.717, 1.165) is 25.2 Å². The number of amides is 1. The number of hydrogen-bond acceptors (Lipinski definition) is 4. The zero-order valence-electron chi connectivity index (χ0n) is 15.5. The van der Waals surface area contributed by atoms with Crippen molar-refractivity contribution in [3.05, 3.63) is 83.4 Å². The van der Waals surface area contributed by atoms with E-state index in [1.165, 1.54) is 17.7 Å². The van der Waals surface area contributed by atoms with Crippen LogP contribution in [0.25, 0.3) is 0 Å². The van der Waals surface area contributed by atoms with Gasteiger partial charge in [-0.05, 0) is 23.3 Å². The van der Waals surface area contributed by atoms with Gasteiger partial charge in [-0.1, -0.05) is 47.7 Å². The number of aromatic nitrogens is 3. The molecule has 0 unspecified atom stereocenters. The van der Waals surface area contributed by atoms with E-state index in [1.54, 1.807) is 16.9 Å². The lowest BCUT2D eigenvalue weighted by atomic mass is 10.2. The van der Waals surface area contributed by atoms with Gasteiger partial charge in [0.05, 0.1) is 12.7 Å². The molecule has 7 heteroatoms. The molecule has 1 fully saturated rings. The Morgan fingerprint density at radius 1 is 0.929 bits per heavy atom. The Balaban J connectivity index is 1.32. The van der Waals surface area contributed by atoms with Gasteiger partial charge in [-0.15, -0.1) is 5.10 Å². The fraction of sp³-hybridized carbons (Fsp3) is 0.286. The second-order valence-electron chi connectivity index (χ2n) is 6.99. The van der Waals surface area contributed by atoms with E-state index in [4.69, 9.17) is 0 Å². The fourth-order valence-corrected chi connectivity index (χ4v) is 3.41. The van der Waals surface area contributed by atoms with Crippen LogP contribution in [0.4, 0.5) is 4.39 Å². The van der Waals surface area contributed by atoms with Crippen LogP contribution in [0.2, 0.25) is 0 Å². The molecule has 0 N–H and O–H groups in total. The number of nitrogens with zero attached hydrogens (tertiary/aromatic N) is 5. The van der Waals surface area contributed by atoms with Crippen LogP contribution in [-0.4, -0.2) is 56.9 Å². The molecule has 1 aliphatic heterocycles. The summed E-state index contributed by atoms with van der Waals surface area (Å²) in [6, 6.07) is 16.7. The first kappa shape index (κ1) is 18.3. The number of hydrogen-bond donors (Lipinski definition) is 0. The lowest BCUT2D eigenvalue weighted by Crippen LogP contribution is -2.48. The van der Waals surface area contributed by atoms with E-state index in [-0.39, 0.29) is 11.7 Å². The van der Waals surface area contributed by atoms with Gasteiger partial charge in [-0.3, -0.25) is 9.69 Å². The Labute approximate surface area is 163 Å². The Hall–Kier alpha value is -3.06. The summed E-state index contributed by atoms with van der Waals surface area (Å²) in [6.07, 6.45) is 1.63.